The van der Waals surface area contributed by atoms with E-state index in [0.717, 1.165) is 5.69 Å². The summed E-state index contributed by atoms with van der Waals surface area (Å²) < 4.78 is 39.9. The van der Waals surface area contributed by atoms with E-state index >= 15 is 0 Å². The molecule has 0 saturated heterocycles. The summed E-state index contributed by atoms with van der Waals surface area (Å²) in [6.45, 7) is 1.69. The molecule has 3 aromatic rings. The molecule has 0 fully saturated rings. The Balaban J connectivity index is 0.000000360. The zero-order valence-corrected chi connectivity index (χ0v) is 16.5. The Bertz CT molecular complexity index is 1040. The maximum Gasteiger partial charge on any atom is 0.490 e. The second-order valence-electron chi connectivity index (χ2n) is 6.70. The van der Waals surface area contributed by atoms with E-state index in [4.69, 9.17) is 14.6 Å². The SMILES string of the molecule is O=C(O)C(F)(F)F.O=C(c1ccnnc1)N1Cc2cccn2CC(Oc2cccnc2)C1. The Morgan fingerprint density at radius 2 is 1.84 bits per heavy atom. The van der Waals surface area contributed by atoms with E-state index in [9.17, 15) is 18.0 Å². The van der Waals surface area contributed by atoms with E-state index in [2.05, 4.69) is 19.7 Å². The number of ether oxygens (including phenoxy) is 1. The lowest BCUT2D eigenvalue weighted by Gasteiger charge is -2.24. The Morgan fingerprint density at radius 3 is 2.47 bits per heavy atom. The van der Waals surface area contributed by atoms with E-state index in [1.165, 1.54) is 12.4 Å². The summed E-state index contributed by atoms with van der Waals surface area (Å²) in [5.41, 5.74) is 1.60. The number of amides is 1. The molecule has 0 bridgehead atoms. The predicted octanol–water partition coefficient (Wildman–Crippen LogP) is 2.41. The number of alkyl halides is 3. The first-order valence-electron chi connectivity index (χ1n) is 9.31. The smallest absolute Gasteiger partial charge is 0.485 e. The lowest BCUT2D eigenvalue weighted by Crippen LogP contribution is -2.38. The first-order chi connectivity index (χ1) is 15.2. The molecule has 9 nitrogen and oxygen atoms in total. The molecule has 0 aliphatic carbocycles. The fourth-order valence-electron chi connectivity index (χ4n) is 2.99. The number of aliphatic carboxylic acids is 1. The normalized spacial score (nSPS) is 15.6. The molecule has 32 heavy (non-hydrogen) atoms. The van der Waals surface area contributed by atoms with Gasteiger partial charge in [-0.2, -0.15) is 23.4 Å². The molecule has 1 N–H and O–H groups in total. The molecular weight excluding hydrogens is 431 g/mol. The summed E-state index contributed by atoms with van der Waals surface area (Å²) in [5, 5.41) is 14.7. The Labute approximate surface area is 180 Å². The van der Waals surface area contributed by atoms with Crippen LogP contribution in [-0.2, 0) is 17.9 Å². The summed E-state index contributed by atoms with van der Waals surface area (Å²) >= 11 is 0. The molecule has 168 valence electrons. The fourth-order valence-corrected chi connectivity index (χ4v) is 2.99. The van der Waals surface area contributed by atoms with Gasteiger partial charge in [0, 0.05) is 18.1 Å². The van der Waals surface area contributed by atoms with E-state index in [0.29, 0.717) is 30.9 Å². The molecule has 4 rings (SSSR count). The lowest BCUT2D eigenvalue weighted by molar-refractivity contribution is -0.192. The second kappa shape index (κ2) is 9.90. The van der Waals surface area contributed by atoms with Gasteiger partial charge in [-0.25, -0.2) is 4.79 Å². The second-order valence-corrected chi connectivity index (χ2v) is 6.70. The first-order valence-corrected chi connectivity index (χ1v) is 9.31. The van der Waals surface area contributed by atoms with Gasteiger partial charge in [0.25, 0.3) is 5.91 Å². The number of halogens is 3. The number of carbonyl (C=O) groups excluding carboxylic acids is 1. The van der Waals surface area contributed by atoms with Crippen LogP contribution in [0.3, 0.4) is 0 Å². The van der Waals surface area contributed by atoms with Crippen LogP contribution in [-0.4, -0.2) is 60.5 Å². The van der Waals surface area contributed by atoms with Crippen LogP contribution in [0.15, 0.2) is 61.3 Å². The van der Waals surface area contributed by atoms with Crippen molar-refractivity contribution in [3.05, 3.63) is 72.6 Å². The number of fused-ring (bicyclic) bond motifs is 1. The van der Waals surface area contributed by atoms with E-state index in [1.54, 1.807) is 23.4 Å². The van der Waals surface area contributed by atoms with Crippen molar-refractivity contribution >= 4 is 11.9 Å². The van der Waals surface area contributed by atoms with E-state index in [-0.39, 0.29) is 12.0 Å². The van der Waals surface area contributed by atoms with Crippen LogP contribution in [0.1, 0.15) is 16.1 Å². The molecule has 1 aliphatic heterocycles. The number of carbonyl (C=O) groups is 2. The monoisotopic (exact) mass is 449 g/mol. The summed E-state index contributed by atoms with van der Waals surface area (Å²) in [6, 6.07) is 9.39. The van der Waals surface area contributed by atoms with Crippen molar-refractivity contribution in [2.24, 2.45) is 0 Å². The van der Waals surface area contributed by atoms with Gasteiger partial charge in [0.1, 0.15) is 11.9 Å². The minimum atomic E-state index is -5.08. The Kier molecular flexibility index (Phi) is 7.03. The van der Waals surface area contributed by atoms with Gasteiger partial charge in [-0.15, -0.1) is 0 Å². The molecule has 0 aromatic carbocycles. The molecule has 1 amide bonds. The van der Waals surface area contributed by atoms with E-state index < -0.39 is 12.1 Å². The maximum atomic E-state index is 12.9. The highest BCUT2D eigenvalue weighted by Crippen LogP contribution is 2.19. The Morgan fingerprint density at radius 1 is 1.06 bits per heavy atom. The molecule has 12 heteroatoms. The van der Waals surface area contributed by atoms with Crippen LogP contribution < -0.4 is 4.74 Å². The number of hydrogen-bond donors (Lipinski definition) is 1. The summed E-state index contributed by atoms with van der Waals surface area (Å²) in [6.07, 6.45) is 3.16. The maximum absolute atomic E-state index is 12.9. The van der Waals surface area contributed by atoms with Gasteiger partial charge in [0.05, 0.1) is 43.8 Å². The van der Waals surface area contributed by atoms with Crippen LogP contribution in [0, 0.1) is 0 Å². The predicted molar refractivity (Wildman–Crippen MR) is 104 cm³/mol. The zero-order valence-electron chi connectivity index (χ0n) is 16.5. The van der Waals surface area contributed by atoms with Gasteiger partial charge in [-0.1, -0.05) is 0 Å². The highest BCUT2D eigenvalue weighted by Gasteiger charge is 2.38. The number of carboxylic acids is 1. The minimum Gasteiger partial charge on any atom is -0.485 e. The van der Waals surface area contributed by atoms with Gasteiger partial charge in [0.15, 0.2) is 0 Å². The third kappa shape index (κ3) is 6.03. The topological polar surface area (TPSA) is 110 Å². The van der Waals surface area contributed by atoms with Gasteiger partial charge in [0.2, 0.25) is 0 Å². The quantitative estimate of drug-likeness (QED) is 0.654. The van der Waals surface area contributed by atoms with Crippen molar-refractivity contribution in [3.63, 3.8) is 0 Å². The molecule has 3 aromatic heterocycles. The van der Waals surface area contributed by atoms with Crippen LogP contribution in [0.2, 0.25) is 0 Å². The van der Waals surface area contributed by atoms with Crippen molar-refractivity contribution in [1.82, 2.24) is 24.6 Å². The summed E-state index contributed by atoms with van der Waals surface area (Å²) in [7, 11) is 0. The third-order valence-electron chi connectivity index (χ3n) is 4.40. The minimum absolute atomic E-state index is 0.0793. The summed E-state index contributed by atoms with van der Waals surface area (Å²) in [4.78, 5) is 27.6. The van der Waals surface area contributed by atoms with Crippen molar-refractivity contribution in [3.8, 4) is 5.75 Å². The number of nitrogens with zero attached hydrogens (tertiary/aromatic N) is 5. The van der Waals surface area contributed by atoms with Crippen molar-refractivity contribution < 1.29 is 32.6 Å². The Hall–Kier alpha value is -3.96. The van der Waals surface area contributed by atoms with Crippen LogP contribution in [0.25, 0.3) is 0 Å². The number of aromatic nitrogens is 4. The summed E-state index contributed by atoms with van der Waals surface area (Å²) in [5.74, 6) is -2.14. The van der Waals surface area contributed by atoms with Gasteiger partial charge < -0.3 is 19.3 Å². The van der Waals surface area contributed by atoms with Crippen LogP contribution in [0.4, 0.5) is 13.2 Å². The fraction of sp³-hybridized carbons (Fsp3) is 0.250. The average Bonchev–Trinajstić information content (AvgIpc) is 3.13. The highest BCUT2D eigenvalue weighted by molar-refractivity contribution is 5.93. The third-order valence-corrected chi connectivity index (χ3v) is 4.40. The number of carboxylic acid groups (broad SMARTS) is 1. The lowest BCUT2D eigenvalue weighted by atomic mass is 10.2. The molecule has 0 radical (unpaired) electrons. The largest absolute Gasteiger partial charge is 0.490 e. The van der Waals surface area contributed by atoms with Crippen LogP contribution >= 0.6 is 0 Å². The first kappa shape index (κ1) is 22.7. The van der Waals surface area contributed by atoms with Crippen molar-refractivity contribution in [2.45, 2.75) is 25.4 Å². The standard InChI is InChI=1S/C18H17N5O2.C2HF3O2/c24-18(14-5-7-20-21-9-14)23-11-15-3-2-8-22(15)12-17(13-23)25-16-4-1-6-19-10-16;3-2(4,5)1(6)7/h1-10,17H,11-13H2;(H,6,7). The molecule has 1 aliphatic rings. The van der Waals surface area contributed by atoms with Crippen LogP contribution in [0.5, 0.6) is 5.75 Å². The van der Waals surface area contributed by atoms with E-state index in [1.807, 2.05) is 30.5 Å². The zero-order chi connectivity index (χ0) is 23.1. The van der Waals surface area contributed by atoms with Gasteiger partial charge in [-0.3, -0.25) is 9.78 Å². The highest BCUT2D eigenvalue weighted by atomic mass is 19.4. The number of pyridine rings is 1. The molecule has 0 saturated carbocycles. The molecule has 1 atom stereocenters. The van der Waals surface area contributed by atoms with Crippen molar-refractivity contribution in [2.75, 3.05) is 6.54 Å². The molecule has 0 spiro atoms. The van der Waals surface area contributed by atoms with Crippen molar-refractivity contribution in [1.29, 1.82) is 0 Å². The molecule has 1 unspecified atom stereocenters. The van der Waals surface area contributed by atoms with Gasteiger partial charge in [-0.05, 0) is 30.3 Å². The average molecular weight is 449 g/mol. The van der Waals surface area contributed by atoms with Gasteiger partial charge >= 0.3 is 12.1 Å². The number of rotatable bonds is 3. The molecule has 4 heterocycles. The molecular formula is C20H18F3N5O4. The number of hydrogen-bond acceptors (Lipinski definition) is 6.